The molecule has 2 nitrogen and oxygen atoms in total. The van der Waals surface area contributed by atoms with Gasteiger partial charge in [0.25, 0.3) is 6.43 Å². The standard InChI is InChI=1S/C8H6BrF5N2/c9-2-3-1-4(6(10)11)5(7(15)16-3)8(12,13)14/h1,6H,2H2,(H2,15,16). The minimum Gasteiger partial charge on any atom is -0.383 e. The van der Waals surface area contributed by atoms with Crippen LogP contribution in [0, 0.1) is 0 Å². The molecule has 1 heterocycles. The van der Waals surface area contributed by atoms with Gasteiger partial charge in [-0.15, -0.1) is 0 Å². The summed E-state index contributed by atoms with van der Waals surface area (Å²) in [6, 6.07) is 0.693. The Bertz CT molecular complexity index is 391. The molecule has 1 rings (SSSR count). The van der Waals surface area contributed by atoms with E-state index in [9.17, 15) is 22.0 Å². The van der Waals surface area contributed by atoms with Crippen molar-refractivity contribution in [3.05, 3.63) is 22.9 Å². The highest BCUT2D eigenvalue weighted by atomic mass is 79.9. The van der Waals surface area contributed by atoms with Crippen LogP contribution < -0.4 is 5.73 Å². The number of pyridine rings is 1. The molecule has 0 fully saturated rings. The van der Waals surface area contributed by atoms with E-state index in [0.717, 1.165) is 0 Å². The van der Waals surface area contributed by atoms with Crippen molar-refractivity contribution in [2.45, 2.75) is 17.9 Å². The maximum Gasteiger partial charge on any atom is 0.420 e. The van der Waals surface area contributed by atoms with E-state index in [1.54, 1.807) is 0 Å². The van der Waals surface area contributed by atoms with E-state index < -0.39 is 29.5 Å². The van der Waals surface area contributed by atoms with Crippen LogP contribution in [-0.2, 0) is 11.5 Å². The zero-order chi connectivity index (χ0) is 12.5. The van der Waals surface area contributed by atoms with E-state index in [-0.39, 0.29) is 11.0 Å². The van der Waals surface area contributed by atoms with Crippen LogP contribution in [0.15, 0.2) is 6.07 Å². The third-order valence-electron chi connectivity index (χ3n) is 1.79. The molecule has 0 saturated carbocycles. The third-order valence-corrected chi connectivity index (χ3v) is 2.36. The first-order chi connectivity index (χ1) is 7.27. The van der Waals surface area contributed by atoms with Crippen LogP contribution >= 0.6 is 15.9 Å². The van der Waals surface area contributed by atoms with Crippen molar-refractivity contribution >= 4 is 21.7 Å². The van der Waals surface area contributed by atoms with Crippen LogP contribution in [0.3, 0.4) is 0 Å². The van der Waals surface area contributed by atoms with Gasteiger partial charge in [0.2, 0.25) is 0 Å². The van der Waals surface area contributed by atoms with Crippen molar-refractivity contribution < 1.29 is 22.0 Å². The summed E-state index contributed by atoms with van der Waals surface area (Å²) in [4.78, 5) is 3.38. The van der Waals surface area contributed by atoms with E-state index in [2.05, 4.69) is 20.9 Å². The first kappa shape index (κ1) is 13.1. The van der Waals surface area contributed by atoms with Crippen molar-refractivity contribution in [1.29, 1.82) is 0 Å². The molecule has 8 heteroatoms. The average molecular weight is 305 g/mol. The number of rotatable bonds is 2. The lowest BCUT2D eigenvalue weighted by Crippen LogP contribution is -2.15. The number of hydrogen-bond donors (Lipinski definition) is 1. The molecule has 0 saturated heterocycles. The SMILES string of the molecule is Nc1nc(CBr)cc(C(F)F)c1C(F)(F)F. The smallest absolute Gasteiger partial charge is 0.383 e. The Labute approximate surface area is 95.8 Å². The number of nitrogens with two attached hydrogens (primary N) is 1. The van der Waals surface area contributed by atoms with E-state index in [0.29, 0.717) is 6.07 Å². The molecule has 2 N–H and O–H groups in total. The van der Waals surface area contributed by atoms with E-state index in [1.165, 1.54) is 0 Å². The number of nitrogen functional groups attached to an aromatic ring is 1. The van der Waals surface area contributed by atoms with Crippen LogP contribution in [0.2, 0.25) is 0 Å². The van der Waals surface area contributed by atoms with Gasteiger partial charge in [-0.05, 0) is 6.07 Å². The maximum absolute atomic E-state index is 12.5. The molecule has 0 amide bonds. The van der Waals surface area contributed by atoms with Crippen LogP contribution in [0.1, 0.15) is 23.2 Å². The molecule has 0 aliphatic heterocycles. The van der Waals surface area contributed by atoms with E-state index in [1.807, 2.05) is 0 Å². The number of anilines is 1. The molecule has 0 spiro atoms. The molecule has 0 radical (unpaired) electrons. The lowest BCUT2D eigenvalue weighted by molar-refractivity contribution is -0.139. The summed E-state index contributed by atoms with van der Waals surface area (Å²) in [5.41, 5.74) is 2.36. The van der Waals surface area contributed by atoms with Gasteiger partial charge in [0.05, 0.1) is 5.69 Å². The predicted molar refractivity (Wildman–Crippen MR) is 51.2 cm³/mol. The number of halogens is 6. The Kier molecular flexibility index (Phi) is 3.72. The van der Waals surface area contributed by atoms with E-state index >= 15 is 0 Å². The van der Waals surface area contributed by atoms with Gasteiger partial charge in [-0.1, -0.05) is 15.9 Å². The Morgan fingerprint density at radius 3 is 2.31 bits per heavy atom. The van der Waals surface area contributed by atoms with Crippen LogP contribution in [-0.4, -0.2) is 4.98 Å². The number of hydrogen-bond acceptors (Lipinski definition) is 2. The lowest BCUT2D eigenvalue weighted by atomic mass is 10.1. The highest BCUT2D eigenvalue weighted by Gasteiger charge is 2.39. The van der Waals surface area contributed by atoms with Gasteiger partial charge < -0.3 is 5.73 Å². The van der Waals surface area contributed by atoms with Crippen LogP contribution in [0.4, 0.5) is 27.8 Å². The van der Waals surface area contributed by atoms with Crippen molar-refractivity contribution in [3.63, 3.8) is 0 Å². The first-order valence-corrected chi connectivity index (χ1v) is 5.10. The monoisotopic (exact) mass is 304 g/mol. The summed E-state index contributed by atoms with van der Waals surface area (Å²) in [6.45, 7) is 0. The van der Waals surface area contributed by atoms with Gasteiger partial charge >= 0.3 is 6.18 Å². The molecule has 0 atom stereocenters. The van der Waals surface area contributed by atoms with Gasteiger partial charge in [0.1, 0.15) is 11.4 Å². The van der Waals surface area contributed by atoms with Crippen molar-refractivity contribution in [2.24, 2.45) is 0 Å². The fourth-order valence-electron chi connectivity index (χ4n) is 1.19. The Balaban J connectivity index is 3.46. The van der Waals surface area contributed by atoms with Gasteiger partial charge in [-0.3, -0.25) is 0 Å². The van der Waals surface area contributed by atoms with Gasteiger partial charge in [-0.25, -0.2) is 13.8 Å². The molecule has 1 aromatic heterocycles. The summed E-state index contributed by atoms with van der Waals surface area (Å²) < 4.78 is 62.2. The molecule has 0 bridgehead atoms. The summed E-state index contributed by atoms with van der Waals surface area (Å²) >= 11 is 2.91. The minimum atomic E-state index is -4.94. The molecule has 0 unspecified atom stereocenters. The topological polar surface area (TPSA) is 38.9 Å². The highest BCUT2D eigenvalue weighted by molar-refractivity contribution is 9.08. The van der Waals surface area contributed by atoms with Gasteiger partial charge in [-0.2, -0.15) is 13.2 Å². The van der Waals surface area contributed by atoms with Crippen molar-refractivity contribution in [2.75, 3.05) is 5.73 Å². The second kappa shape index (κ2) is 4.52. The summed E-state index contributed by atoms with van der Waals surface area (Å²) in [5.74, 6) is -0.931. The third kappa shape index (κ3) is 2.60. The molecule has 90 valence electrons. The Morgan fingerprint density at radius 1 is 1.38 bits per heavy atom. The lowest BCUT2D eigenvalue weighted by Gasteiger charge is -2.15. The largest absolute Gasteiger partial charge is 0.420 e. The molecular formula is C8H6BrF5N2. The normalized spacial score (nSPS) is 12.2. The van der Waals surface area contributed by atoms with Crippen molar-refractivity contribution in [3.8, 4) is 0 Å². The maximum atomic E-state index is 12.5. The van der Waals surface area contributed by atoms with Crippen LogP contribution in [0.25, 0.3) is 0 Å². The van der Waals surface area contributed by atoms with E-state index in [4.69, 9.17) is 5.73 Å². The molecule has 1 aromatic rings. The summed E-state index contributed by atoms with van der Waals surface area (Å²) in [7, 11) is 0. The average Bonchev–Trinajstić information content (AvgIpc) is 2.14. The zero-order valence-corrected chi connectivity index (χ0v) is 9.24. The molecule has 0 aliphatic rings. The quantitative estimate of drug-likeness (QED) is 0.671. The number of alkyl halides is 6. The fraction of sp³-hybridized carbons (Fsp3) is 0.375. The highest BCUT2D eigenvalue weighted by Crippen LogP contribution is 2.39. The molecule has 0 aromatic carbocycles. The second-order valence-electron chi connectivity index (χ2n) is 2.90. The number of aromatic nitrogens is 1. The van der Waals surface area contributed by atoms with Gasteiger partial charge in [0.15, 0.2) is 0 Å². The second-order valence-corrected chi connectivity index (χ2v) is 3.46. The fourth-order valence-corrected chi connectivity index (χ4v) is 1.48. The molecular weight excluding hydrogens is 299 g/mol. The Hall–Kier alpha value is -0.920. The van der Waals surface area contributed by atoms with Gasteiger partial charge in [0, 0.05) is 10.9 Å². The number of nitrogens with zero attached hydrogens (tertiary/aromatic N) is 1. The summed E-state index contributed by atoms with van der Waals surface area (Å²) in [5, 5.41) is 0.0507. The van der Waals surface area contributed by atoms with Crippen LogP contribution in [0.5, 0.6) is 0 Å². The zero-order valence-electron chi connectivity index (χ0n) is 7.65. The molecule has 16 heavy (non-hydrogen) atoms. The minimum absolute atomic E-state index is 0.0285. The Morgan fingerprint density at radius 2 is 1.94 bits per heavy atom. The summed E-state index contributed by atoms with van der Waals surface area (Å²) in [6.07, 6.45) is -8.19. The first-order valence-electron chi connectivity index (χ1n) is 3.98. The molecule has 0 aliphatic carbocycles. The van der Waals surface area contributed by atoms with Crippen molar-refractivity contribution in [1.82, 2.24) is 4.98 Å². The predicted octanol–water partition coefficient (Wildman–Crippen LogP) is 3.52.